The molecule has 0 spiro atoms. The molecule has 0 atom stereocenters. The van der Waals surface area contributed by atoms with Gasteiger partial charge in [-0.05, 0) is 259 Å². The highest BCUT2D eigenvalue weighted by Crippen LogP contribution is 2.55. The van der Waals surface area contributed by atoms with Crippen LogP contribution in [0, 0.1) is 0 Å². The molecular weight excluding hydrogens is 1790 g/mol. The summed E-state index contributed by atoms with van der Waals surface area (Å²) < 4.78 is 14.8. The van der Waals surface area contributed by atoms with Crippen LogP contribution in [0.2, 0.25) is 0 Å². The standard InChI is InChI=1S/C36H30.C29H22N2O.2C15H15BO2.C14H9BrN2O.C6H4Br2/c1-35(2)31-11-7-5-9-27(31)29-19-17-25(21-33(29)35)23-13-15-24(16-14-23)26-18-20-30-28-10-6-8-12-32(28)36(3,4)34(30)22-26;1-29(2)25-11-7-6-10-23(25)24-17-16-22(18-26(24)29)19-12-14-21(15-13-19)28-31-30-27(32-28)20-8-4-3-5-9-20;2*1-15(2)13-6-4-3-5-11(13)12-8-7-10(16(17)18)9-14(12)15;15-12-8-6-11(7-9-12)14-17-16-13(18-14)10-4-2-1-3-5-10;7-5-1-2-6(8)4-3-5/h5-22H,1-4H3;3-18H,1-2H3;2*3-9,17-18H,1-2H3;1-9H;1-4H. The van der Waals surface area contributed by atoms with Crippen LogP contribution in [-0.4, -0.2) is 54.7 Å². The van der Waals surface area contributed by atoms with E-state index in [0.29, 0.717) is 34.5 Å². The molecule has 0 fully saturated rings. The summed E-state index contributed by atoms with van der Waals surface area (Å²) in [6.45, 7) is 22.7. The Hall–Kier alpha value is -12.8. The van der Waals surface area contributed by atoms with Gasteiger partial charge in [-0.3, -0.25) is 0 Å². The van der Waals surface area contributed by atoms with Gasteiger partial charge < -0.3 is 28.9 Å². The van der Waals surface area contributed by atoms with Crippen molar-refractivity contribution in [3.8, 4) is 135 Å². The number of rotatable bonds is 9. The molecule has 0 amide bonds. The molecule has 23 rings (SSSR count). The monoisotopic (exact) mass is 1890 g/mol. The minimum atomic E-state index is -1.41. The molecule has 2 heterocycles. The first-order valence-electron chi connectivity index (χ1n) is 43.7. The van der Waals surface area contributed by atoms with Gasteiger partial charge in [0.2, 0.25) is 23.6 Å². The number of benzene rings is 16. The van der Waals surface area contributed by atoms with Crippen LogP contribution >= 0.6 is 47.8 Å². The van der Waals surface area contributed by atoms with Crippen molar-refractivity contribution < 1.29 is 28.9 Å². The fourth-order valence-electron chi connectivity index (χ4n) is 19.2. The normalized spacial score (nSPS) is 13.9. The van der Waals surface area contributed by atoms with Crippen molar-refractivity contribution in [2.75, 3.05) is 0 Å². The third-order valence-corrected chi connectivity index (χ3v) is 28.0. The Morgan fingerprint density at radius 2 is 0.377 bits per heavy atom. The lowest BCUT2D eigenvalue weighted by molar-refractivity contribution is 0.424. The highest BCUT2D eigenvalue weighted by molar-refractivity contribution is 9.11. The first kappa shape index (κ1) is 87.9. The molecule has 638 valence electrons. The minimum absolute atomic E-state index is 0.000521. The van der Waals surface area contributed by atoms with Gasteiger partial charge in [0.25, 0.3) is 0 Å². The quantitative estimate of drug-likeness (QED) is 0.103. The lowest BCUT2D eigenvalue weighted by atomic mass is 9.75. The number of nitrogens with zero attached hydrogens (tertiary/aromatic N) is 4. The van der Waals surface area contributed by atoms with Gasteiger partial charge in [0.15, 0.2) is 0 Å². The van der Waals surface area contributed by atoms with Crippen LogP contribution in [0.25, 0.3) is 135 Å². The number of halogens is 3. The number of hydrogen-bond donors (Lipinski definition) is 4. The van der Waals surface area contributed by atoms with Crippen LogP contribution in [0.4, 0.5) is 0 Å². The minimum Gasteiger partial charge on any atom is -0.423 e. The second-order valence-electron chi connectivity index (χ2n) is 36.1. The zero-order valence-electron chi connectivity index (χ0n) is 73.9. The van der Waals surface area contributed by atoms with Crippen LogP contribution in [0.3, 0.4) is 0 Å². The van der Waals surface area contributed by atoms with Crippen molar-refractivity contribution >= 4 is 73.0 Å². The molecule has 0 bridgehead atoms. The average molecular weight is 1890 g/mol. The third-order valence-electron chi connectivity index (χ3n) is 26.4. The molecule has 18 aromatic rings. The van der Waals surface area contributed by atoms with E-state index in [1.165, 1.54) is 134 Å². The second kappa shape index (κ2) is 35.9. The van der Waals surface area contributed by atoms with E-state index < -0.39 is 14.2 Å². The van der Waals surface area contributed by atoms with Gasteiger partial charge >= 0.3 is 14.2 Å². The van der Waals surface area contributed by atoms with Crippen molar-refractivity contribution in [1.29, 1.82) is 0 Å². The highest BCUT2D eigenvalue weighted by Gasteiger charge is 2.41. The Balaban J connectivity index is 0.000000110. The predicted molar refractivity (Wildman–Crippen MR) is 543 cm³/mol. The number of fused-ring (bicyclic) bond motifs is 15. The summed E-state index contributed by atoms with van der Waals surface area (Å²) in [4.78, 5) is 0. The summed E-state index contributed by atoms with van der Waals surface area (Å²) in [6.07, 6.45) is 0. The molecule has 0 unspecified atom stereocenters. The number of aromatic nitrogens is 4. The summed E-state index contributed by atoms with van der Waals surface area (Å²) in [5.41, 5.74) is 38.6. The summed E-state index contributed by atoms with van der Waals surface area (Å²) in [7, 11) is -2.82. The lowest BCUT2D eigenvalue weighted by Gasteiger charge is -2.22. The predicted octanol–water partition coefficient (Wildman–Crippen LogP) is 27.7. The van der Waals surface area contributed by atoms with Crippen molar-refractivity contribution in [3.63, 3.8) is 0 Å². The van der Waals surface area contributed by atoms with Crippen LogP contribution in [0.15, 0.2) is 392 Å². The maximum absolute atomic E-state index is 9.30. The van der Waals surface area contributed by atoms with Crippen molar-refractivity contribution in [2.45, 2.75) is 96.3 Å². The number of hydrogen-bond acceptors (Lipinski definition) is 10. The Morgan fingerprint density at radius 1 is 0.192 bits per heavy atom. The van der Waals surface area contributed by atoms with Crippen molar-refractivity contribution in [2.24, 2.45) is 0 Å². The molecule has 0 aliphatic heterocycles. The van der Waals surface area contributed by atoms with Gasteiger partial charge in [0.05, 0.1) is 0 Å². The Labute approximate surface area is 786 Å². The molecule has 4 N–H and O–H groups in total. The first-order valence-corrected chi connectivity index (χ1v) is 46.1. The van der Waals surface area contributed by atoms with Crippen LogP contribution < -0.4 is 10.9 Å². The maximum atomic E-state index is 9.30. The zero-order valence-corrected chi connectivity index (χ0v) is 78.7. The van der Waals surface area contributed by atoms with E-state index in [1.54, 1.807) is 12.1 Å². The van der Waals surface area contributed by atoms with Crippen LogP contribution in [-0.2, 0) is 27.1 Å². The van der Waals surface area contributed by atoms with E-state index in [9.17, 15) is 20.1 Å². The Bertz CT molecular complexity index is 6970. The Kier molecular flexibility index (Phi) is 24.3. The van der Waals surface area contributed by atoms with Crippen LogP contribution in [0.5, 0.6) is 0 Å². The van der Waals surface area contributed by atoms with E-state index in [4.69, 9.17) is 8.83 Å². The second-order valence-corrected chi connectivity index (χ2v) is 38.9. The van der Waals surface area contributed by atoms with E-state index >= 15 is 0 Å². The maximum Gasteiger partial charge on any atom is 0.488 e. The largest absolute Gasteiger partial charge is 0.488 e. The van der Waals surface area contributed by atoms with Crippen LogP contribution in [0.1, 0.15) is 125 Å². The smallest absolute Gasteiger partial charge is 0.423 e. The highest BCUT2D eigenvalue weighted by atomic mass is 79.9. The summed E-state index contributed by atoms with van der Waals surface area (Å²) in [5.74, 6) is 2.13. The fraction of sp³-hybridized carbons (Fsp3) is 0.130. The van der Waals surface area contributed by atoms with Crippen molar-refractivity contribution in [1.82, 2.24) is 20.4 Å². The first-order chi connectivity index (χ1) is 62.6. The molecular formula is C115H95B2Br3N4O6. The SMILES string of the molecule is Brc1ccc(-c2nnc(-c3ccccc3)o2)cc1.Brc1ccc(Br)cc1.CC1(C)c2ccccc2-c2ccc(-c3ccc(-c4ccc5c(c4)C(C)(C)c4ccccc4-5)cc3)cc21.CC1(C)c2ccccc2-c2ccc(-c3ccc(-c4nnc(-c5ccccc5)o4)cc3)cc21.CC1(C)c2ccccc2-c2ccc(B(O)O)cc21.CC1(C)c2ccccc2-c2ccc(B(O)O)cc21. The molecule has 10 nitrogen and oxygen atoms in total. The van der Waals surface area contributed by atoms with E-state index in [0.717, 1.165) is 46.8 Å². The van der Waals surface area contributed by atoms with Gasteiger partial charge in [-0.1, -0.05) is 384 Å². The molecule has 0 saturated heterocycles. The molecule has 5 aliphatic rings. The van der Waals surface area contributed by atoms with Gasteiger partial charge in [-0.15, -0.1) is 20.4 Å². The fourth-order valence-corrected chi connectivity index (χ4v) is 20.0. The van der Waals surface area contributed by atoms with Crippen molar-refractivity contribution in [3.05, 3.63) is 439 Å². The van der Waals surface area contributed by atoms with Gasteiger partial charge in [0, 0.05) is 62.7 Å². The molecule has 0 saturated carbocycles. The van der Waals surface area contributed by atoms with E-state index in [-0.39, 0.29) is 27.1 Å². The third kappa shape index (κ3) is 17.0. The summed E-state index contributed by atoms with van der Waals surface area (Å²) in [5, 5.41) is 53.7. The molecule has 5 aliphatic carbocycles. The average Bonchev–Trinajstić information content (AvgIpc) is 1.60. The zero-order chi connectivity index (χ0) is 90.5. The molecule has 16 aromatic carbocycles. The molecule has 0 radical (unpaired) electrons. The molecule has 15 heteroatoms. The molecule has 130 heavy (non-hydrogen) atoms. The van der Waals surface area contributed by atoms with E-state index in [2.05, 4.69) is 325 Å². The lowest BCUT2D eigenvalue weighted by Crippen LogP contribution is -2.31. The van der Waals surface area contributed by atoms with Gasteiger partial charge in [-0.2, -0.15) is 0 Å². The topological polar surface area (TPSA) is 159 Å². The van der Waals surface area contributed by atoms with E-state index in [1.807, 2.05) is 170 Å². The summed E-state index contributed by atoms with van der Waals surface area (Å²) in [6, 6.07) is 128. The van der Waals surface area contributed by atoms with Gasteiger partial charge in [0.1, 0.15) is 0 Å². The summed E-state index contributed by atoms with van der Waals surface area (Å²) >= 11 is 10.0. The Morgan fingerprint density at radius 3 is 0.631 bits per heavy atom. The molecule has 2 aromatic heterocycles. The van der Waals surface area contributed by atoms with Gasteiger partial charge in [-0.25, -0.2) is 0 Å².